The summed E-state index contributed by atoms with van der Waals surface area (Å²) >= 11 is 0. The number of para-hydroxylation sites is 1. The summed E-state index contributed by atoms with van der Waals surface area (Å²) in [4.78, 5) is 18.1. The van der Waals surface area contributed by atoms with Crippen molar-refractivity contribution in [3.05, 3.63) is 65.2 Å². The van der Waals surface area contributed by atoms with Crippen molar-refractivity contribution in [2.24, 2.45) is 7.05 Å². The van der Waals surface area contributed by atoms with Gasteiger partial charge in [-0.1, -0.05) is 18.2 Å². The third-order valence-electron chi connectivity index (χ3n) is 5.50. The summed E-state index contributed by atoms with van der Waals surface area (Å²) < 4.78 is 3.69. The lowest BCUT2D eigenvalue weighted by Crippen LogP contribution is -2.27. The Bertz CT molecular complexity index is 1240. The Kier molecular flexibility index (Phi) is 5.11. The number of aryl methyl sites for hydroxylation is 3. The van der Waals surface area contributed by atoms with Crippen LogP contribution in [-0.4, -0.2) is 30.5 Å². The number of carbonyl (C=O) groups is 1. The van der Waals surface area contributed by atoms with Gasteiger partial charge in [0.1, 0.15) is 0 Å². The standard InChI is InChI=1S/C23H26N6O/c1-6-29-12-11-19(27-29)14(2)24-23(30)18-13-21(22-15(3)26-28(5)16(22)4)25-20-10-8-7-9-17(18)20/h7-14H,6H2,1-5H3,(H,24,30). The molecule has 0 saturated heterocycles. The highest BCUT2D eigenvalue weighted by atomic mass is 16.1. The molecule has 0 aliphatic heterocycles. The first-order valence-electron chi connectivity index (χ1n) is 10.1. The van der Waals surface area contributed by atoms with Gasteiger partial charge in [0.15, 0.2) is 0 Å². The van der Waals surface area contributed by atoms with E-state index in [1.165, 1.54) is 0 Å². The minimum Gasteiger partial charge on any atom is -0.344 e. The Morgan fingerprint density at radius 2 is 1.93 bits per heavy atom. The quantitative estimate of drug-likeness (QED) is 0.548. The molecule has 1 N–H and O–H groups in total. The Labute approximate surface area is 175 Å². The number of rotatable bonds is 5. The highest BCUT2D eigenvalue weighted by Crippen LogP contribution is 2.29. The second kappa shape index (κ2) is 7.74. The number of pyridine rings is 1. The molecule has 1 unspecified atom stereocenters. The molecular formula is C23H26N6O. The van der Waals surface area contributed by atoms with Gasteiger partial charge in [0, 0.05) is 36.4 Å². The van der Waals surface area contributed by atoms with Crippen molar-refractivity contribution in [3.8, 4) is 11.3 Å². The molecule has 7 heteroatoms. The lowest BCUT2D eigenvalue weighted by molar-refractivity contribution is 0.0940. The monoisotopic (exact) mass is 402 g/mol. The van der Waals surface area contributed by atoms with Crippen molar-refractivity contribution >= 4 is 16.8 Å². The number of nitrogens with zero attached hydrogens (tertiary/aromatic N) is 5. The van der Waals surface area contributed by atoms with Gasteiger partial charge in [-0.2, -0.15) is 10.2 Å². The van der Waals surface area contributed by atoms with Gasteiger partial charge in [-0.15, -0.1) is 0 Å². The molecule has 1 amide bonds. The maximum absolute atomic E-state index is 13.3. The fourth-order valence-corrected chi connectivity index (χ4v) is 3.77. The van der Waals surface area contributed by atoms with E-state index < -0.39 is 0 Å². The maximum atomic E-state index is 13.3. The van der Waals surface area contributed by atoms with Crippen molar-refractivity contribution in [3.63, 3.8) is 0 Å². The van der Waals surface area contributed by atoms with E-state index in [2.05, 4.69) is 15.5 Å². The van der Waals surface area contributed by atoms with Gasteiger partial charge in [-0.3, -0.25) is 14.2 Å². The van der Waals surface area contributed by atoms with Crippen molar-refractivity contribution in [1.82, 2.24) is 29.9 Å². The summed E-state index contributed by atoms with van der Waals surface area (Å²) in [6.45, 7) is 8.75. The molecule has 3 aromatic heterocycles. The molecule has 0 spiro atoms. The molecule has 0 fully saturated rings. The topological polar surface area (TPSA) is 77.6 Å². The number of amides is 1. The summed E-state index contributed by atoms with van der Waals surface area (Å²) in [5, 5.41) is 12.9. The Morgan fingerprint density at radius 3 is 2.60 bits per heavy atom. The average molecular weight is 403 g/mol. The molecule has 1 aromatic carbocycles. The van der Waals surface area contributed by atoms with Crippen LogP contribution in [0.4, 0.5) is 0 Å². The summed E-state index contributed by atoms with van der Waals surface area (Å²) in [7, 11) is 1.91. The summed E-state index contributed by atoms with van der Waals surface area (Å²) in [6.07, 6.45) is 1.92. The van der Waals surface area contributed by atoms with Crippen LogP contribution in [-0.2, 0) is 13.6 Å². The molecule has 4 aromatic rings. The van der Waals surface area contributed by atoms with Crippen LogP contribution in [0.1, 0.15) is 47.3 Å². The molecule has 0 aliphatic carbocycles. The minimum atomic E-state index is -0.206. The van der Waals surface area contributed by atoms with Gasteiger partial charge in [0.2, 0.25) is 0 Å². The zero-order chi connectivity index (χ0) is 21.4. The fraction of sp³-hybridized carbons (Fsp3) is 0.304. The smallest absolute Gasteiger partial charge is 0.252 e. The zero-order valence-corrected chi connectivity index (χ0v) is 18.0. The molecule has 30 heavy (non-hydrogen) atoms. The molecule has 0 bridgehead atoms. The van der Waals surface area contributed by atoms with Crippen LogP contribution in [0.5, 0.6) is 0 Å². The predicted molar refractivity (Wildman–Crippen MR) is 117 cm³/mol. The maximum Gasteiger partial charge on any atom is 0.252 e. The van der Waals surface area contributed by atoms with Crippen LogP contribution < -0.4 is 5.32 Å². The first-order valence-corrected chi connectivity index (χ1v) is 10.1. The Hall–Kier alpha value is -3.48. The molecule has 0 saturated carbocycles. The van der Waals surface area contributed by atoms with Gasteiger partial charge in [-0.05, 0) is 45.9 Å². The lowest BCUT2D eigenvalue weighted by Gasteiger charge is -2.14. The highest BCUT2D eigenvalue weighted by molar-refractivity contribution is 6.07. The molecule has 1 atom stereocenters. The number of nitrogens with one attached hydrogen (secondary N) is 1. The second-order valence-corrected chi connectivity index (χ2v) is 7.53. The third kappa shape index (κ3) is 3.47. The zero-order valence-electron chi connectivity index (χ0n) is 18.0. The van der Waals surface area contributed by atoms with Gasteiger partial charge in [-0.25, -0.2) is 4.98 Å². The lowest BCUT2D eigenvalue weighted by atomic mass is 10.0. The van der Waals surface area contributed by atoms with Gasteiger partial charge in [0.05, 0.1) is 34.2 Å². The molecule has 154 valence electrons. The molecule has 4 rings (SSSR count). The summed E-state index contributed by atoms with van der Waals surface area (Å²) in [5.74, 6) is -0.146. The predicted octanol–water partition coefficient (Wildman–Crippen LogP) is 3.96. The number of hydrogen-bond acceptors (Lipinski definition) is 4. The first kappa shape index (κ1) is 19.8. The molecule has 7 nitrogen and oxygen atoms in total. The number of aromatic nitrogens is 5. The Morgan fingerprint density at radius 1 is 1.17 bits per heavy atom. The van der Waals surface area contributed by atoms with Gasteiger partial charge < -0.3 is 5.32 Å². The number of fused-ring (bicyclic) bond motifs is 1. The van der Waals surface area contributed by atoms with Crippen LogP contribution in [0.2, 0.25) is 0 Å². The fourth-order valence-electron chi connectivity index (χ4n) is 3.77. The van der Waals surface area contributed by atoms with Gasteiger partial charge >= 0.3 is 0 Å². The highest BCUT2D eigenvalue weighted by Gasteiger charge is 2.20. The van der Waals surface area contributed by atoms with Crippen LogP contribution in [0.25, 0.3) is 22.2 Å². The third-order valence-corrected chi connectivity index (χ3v) is 5.50. The molecule has 0 aliphatic rings. The second-order valence-electron chi connectivity index (χ2n) is 7.53. The van der Waals surface area contributed by atoms with E-state index in [9.17, 15) is 4.79 Å². The average Bonchev–Trinajstić information content (AvgIpc) is 3.31. The van der Waals surface area contributed by atoms with E-state index in [0.717, 1.165) is 45.8 Å². The van der Waals surface area contributed by atoms with Crippen LogP contribution >= 0.6 is 0 Å². The van der Waals surface area contributed by atoms with Crippen LogP contribution in [0.3, 0.4) is 0 Å². The largest absolute Gasteiger partial charge is 0.344 e. The van der Waals surface area contributed by atoms with Gasteiger partial charge in [0.25, 0.3) is 5.91 Å². The number of benzene rings is 1. The van der Waals surface area contributed by atoms with E-state index >= 15 is 0 Å². The molecule has 0 radical (unpaired) electrons. The first-order chi connectivity index (χ1) is 14.4. The van der Waals surface area contributed by atoms with E-state index in [4.69, 9.17) is 4.98 Å². The normalized spacial score (nSPS) is 12.3. The van der Waals surface area contributed by atoms with Crippen LogP contribution in [0, 0.1) is 13.8 Å². The number of carbonyl (C=O) groups excluding carboxylic acids is 1. The minimum absolute atomic E-state index is 0.146. The summed E-state index contributed by atoms with van der Waals surface area (Å²) in [6, 6.07) is 11.3. The van der Waals surface area contributed by atoms with E-state index in [-0.39, 0.29) is 11.9 Å². The van der Waals surface area contributed by atoms with Crippen molar-refractivity contribution in [2.45, 2.75) is 40.3 Å². The summed E-state index contributed by atoms with van der Waals surface area (Å²) in [5.41, 5.74) is 5.84. The van der Waals surface area contributed by atoms with E-state index in [0.29, 0.717) is 5.56 Å². The molecular weight excluding hydrogens is 376 g/mol. The van der Waals surface area contributed by atoms with Crippen LogP contribution in [0.15, 0.2) is 42.6 Å². The number of hydrogen-bond donors (Lipinski definition) is 1. The van der Waals surface area contributed by atoms with E-state index in [1.807, 2.05) is 86.7 Å². The van der Waals surface area contributed by atoms with Crippen molar-refractivity contribution in [2.75, 3.05) is 0 Å². The molecule has 3 heterocycles. The SMILES string of the molecule is CCn1ccc(C(C)NC(=O)c2cc(-c3c(C)nn(C)c3C)nc3ccccc23)n1. The van der Waals surface area contributed by atoms with E-state index in [1.54, 1.807) is 0 Å². The Balaban J connectivity index is 1.76. The van der Waals surface area contributed by atoms with Crippen molar-refractivity contribution in [1.29, 1.82) is 0 Å². The van der Waals surface area contributed by atoms with Crippen molar-refractivity contribution < 1.29 is 4.79 Å².